The zero-order valence-electron chi connectivity index (χ0n) is 14.5. The predicted octanol–water partition coefficient (Wildman–Crippen LogP) is 3.13. The molecular weight excluding hydrogens is 260 g/mol. The Balaban J connectivity index is 3.45. The molecule has 1 aromatic rings. The first-order valence-corrected chi connectivity index (χ1v) is 8.15. The highest BCUT2D eigenvalue weighted by molar-refractivity contribution is 5.47. The Hall–Kier alpha value is -1.13. The highest BCUT2D eigenvalue weighted by atomic mass is 15.2. The van der Waals surface area contributed by atoms with Crippen molar-refractivity contribution < 1.29 is 0 Å². The Morgan fingerprint density at radius 3 is 2.19 bits per heavy atom. The molecule has 4 nitrogen and oxygen atoms in total. The fourth-order valence-electron chi connectivity index (χ4n) is 3.79. The molecule has 0 amide bonds. The van der Waals surface area contributed by atoms with Crippen molar-refractivity contribution in [2.75, 3.05) is 25.9 Å². The summed E-state index contributed by atoms with van der Waals surface area (Å²) in [4.78, 5) is 6.88. The van der Waals surface area contributed by atoms with Crippen molar-refractivity contribution in [3.05, 3.63) is 23.4 Å². The summed E-state index contributed by atoms with van der Waals surface area (Å²) in [6.45, 7) is 13.2. The number of hydrogen-bond acceptors (Lipinski definition) is 4. The lowest BCUT2D eigenvalue weighted by molar-refractivity contribution is 0.0514. The zero-order valence-corrected chi connectivity index (χ0v) is 14.5. The summed E-state index contributed by atoms with van der Waals surface area (Å²) in [5, 5.41) is 3.53. The summed E-state index contributed by atoms with van der Waals surface area (Å²) in [5.74, 6) is 0.646. The van der Waals surface area contributed by atoms with Gasteiger partial charge in [-0.25, -0.2) is 4.98 Å². The van der Waals surface area contributed by atoms with Crippen LogP contribution in [0.15, 0.2) is 12.3 Å². The van der Waals surface area contributed by atoms with Gasteiger partial charge in [-0.1, -0.05) is 27.7 Å². The molecule has 0 aliphatic heterocycles. The molecule has 0 radical (unpaired) electrons. The summed E-state index contributed by atoms with van der Waals surface area (Å²) in [5.41, 5.74) is 8.63. The van der Waals surface area contributed by atoms with Crippen LogP contribution < -0.4 is 11.1 Å². The lowest BCUT2D eigenvalue weighted by Crippen LogP contribution is -2.55. The Bertz CT molecular complexity index is 416. The number of aromatic nitrogens is 1. The lowest BCUT2D eigenvalue weighted by Gasteiger charge is -2.48. The van der Waals surface area contributed by atoms with Crippen LogP contribution in [0.2, 0.25) is 0 Å². The molecule has 0 bridgehead atoms. The number of anilines is 1. The van der Waals surface area contributed by atoms with Crippen LogP contribution in [0.3, 0.4) is 0 Å². The molecule has 0 aliphatic rings. The molecule has 0 saturated heterocycles. The van der Waals surface area contributed by atoms with E-state index < -0.39 is 0 Å². The molecule has 1 unspecified atom stereocenters. The Morgan fingerprint density at radius 1 is 1.24 bits per heavy atom. The van der Waals surface area contributed by atoms with Crippen LogP contribution in [-0.2, 0) is 0 Å². The molecule has 1 heterocycles. The van der Waals surface area contributed by atoms with Crippen molar-refractivity contribution in [3.8, 4) is 0 Å². The van der Waals surface area contributed by atoms with Gasteiger partial charge in [0.1, 0.15) is 5.82 Å². The topological polar surface area (TPSA) is 54.2 Å². The van der Waals surface area contributed by atoms with Crippen LogP contribution in [-0.4, -0.2) is 35.6 Å². The van der Waals surface area contributed by atoms with Gasteiger partial charge in [-0.15, -0.1) is 0 Å². The van der Waals surface area contributed by atoms with Gasteiger partial charge in [-0.05, 0) is 51.5 Å². The van der Waals surface area contributed by atoms with Gasteiger partial charge in [0.2, 0.25) is 0 Å². The Kier molecular flexibility index (Phi) is 6.62. The van der Waals surface area contributed by atoms with E-state index in [2.05, 4.69) is 49.8 Å². The van der Waals surface area contributed by atoms with Gasteiger partial charge in [-0.2, -0.15) is 0 Å². The second-order valence-corrected chi connectivity index (χ2v) is 5.63. The molecule has 0 aromatic carbocycles. The molecule has 3 N–H and O–H groups in total. The van der Waals surface area contributed by atoms with Gasteiger partial charge in [0.25, 0.3) is 0 Å². The van der Waals surface area contributed by atoms with Crippen LogP contribution in [0.5, 0.6) is 0 Å². The third-order valence-electron chi connectivity index (χ3n) is 4.97. The van der Waals surface area contributed by atoms with Gasteiger partial charge < -0.3 is 11.1 Å². The summed E-state index contributed by atoms with van der Waals surface area (Å²) in [6.07, 6.45) is 3.94. The first-order chi connectivity index (χ1) is 10.0. The van der Waals surface area contributed by atoms with E-state index in [1.54, 1.807) is 6.20 Å². The van der Waals surface area contributed by atoms with Crippen LogP contribution in [0.4, 0.5) is 5.82 Å². The van der Waals surface area contributed by atoms with E-state index in [0.29, 0.717) is 5.82 Å². The molecule has 4 heteroatoms. The molecule has 1 rings (SSSR count). The molecule has 0 aliphatic carbocycles. The Morgan fingerprint density at radius 2 is 1.81 bits per heavy atom. The molecule has 0 spiro atoms. The van der Waals surface area contributed by atoms with E-state index >= 15 is 0 Å². The second kappa shape index (κ2) is 7.76. The van der Waals surface area contributed by atoms with Gasteiger partial charge >= 0.3 is 0 Å². The smallest absolute Gasteiger partial charge is 0.128 e. The van der Waals surface area contributed by atoms with E-state index in [9.17, 15) is 0 Å². The van der Waals surface area contributed by atoms with E-state index in [-0.39, 0.29) is 11.6 Å². The molecular formula is C17H32N4. The first kappa shape index (κ1) is 17.9. The highest BCUT2D eigenvalue weighted by Gasteiger charge is 2.41. The first-order valence-electron chi connectivity index (χ1n) is 8.15. The predicted molar refractivity (Wildman–Crippen MR) is 91.4 cm³/mol. The molecule has 21 heavy (non-hydrogen) atoms. The summed E-state index contributed by atoms with van der Waals surface area (Å²) < 4.78 is 0. The number of nitrogens with zero attached hydrogens (tertiary/aromatic N) is 2. The van der Waals surface area contributed by atoms with Crippen molar-refractivity contribution in [1.29, 1.82) is 0 Å². The number of pyridine rings is 1. The highest BCUT2D eigenvalue weighted by Crippen LogP contribution is 2.39. The van der Waals surface area contributed by atoms with Crippen LogP contribution in [0, 0.1) is 6.92 Å². The maximum Gasteiger partial charge on any atom is 0.128 e. The van der Waals surface area contributed by atoms with Gasteiger partial charge in [0, 0.05) is 17.3 Å². The number of nitrogens with one attached hydrogen (secondary N) is 1. The monoisotopic (exact) mass is 292 g/mol. The number of rotatable bonds is 8. The van der Waals surface area contributed by atoms with Crippen molar-refractivity contribution in [2.24, 2.45) is 0 Å². The minimum atomic E-state index is 0.0557. The molecule has 1 atom stereocenters. The molecule has 0 saturated carbocycles. The minimum absolute atomic E-state index is 0.0557. The normalized spacial score (nSPS) is 13.7. The van der Waals surface area contributed by atoms with Gasteiger partial charge in [0.15, 0.2) is 0 Å². The van der Waals surface area contributed by atoms with Crippen molar-refractivity contribution in [3.63, 3.8) is 0 Å². The second-order valence-electron chi connectivity index (χ2n) is 5.63. The van der Waals surface area contributed by atoms with Crippen LogP contribution in [0.1, 0.15) is 57.7 Å². The van der Waals surface area contributed by atoms with E-state index in [1.807, 2.05) is 13.1 Å². The number of aryl methyl sites for hydroxylation is 1. The third kappa shape index (κ3) is 3.22. The van der Waals surface area contributed by atoms with Gasteiger partial charge in [-0.3, -0.25) is 4.90 Å². The fourth-order valence-corrected chi connectivity index (χ4v) is 3.79. The average Bonchev–Trinajstić information content (AvgIpc) is 2.49. The van der Waals surface area contributed by atoms with Crippen LogP contribution >= 0.6 is 0 Å². The average molecular weight is 292 g/mol. The quantitative estimate of drug-likeness (QED) is 0.773. The SMILES string of the molecule is CCN(CC)C(CC)(CC)C(NC)c1c(C)ccnc1N. The van der Waals surface area contributed by atoms with Gasteiger partial charge in [0.05, 0.1) is 6.04 Å². The maximum absolute atomic E-state index is 6.22. The van der Waals surface area contributed by atoms with Crippen molar-refractivity contribution >= 4 is 5.82 Å². The largest absolute Gasteiger partial charge is 0.383 e. The number of nitrogens with two attached hydrogens (primary N) is 1. The summed E-state index contributed by atoms with van der Waals surface area (Å²) >= 11 is 0. The number of likely N-dealkylation sites (N-methyl/N-ethyl adjacent to an activating group) is 2. The number of nitrogen functional groups attached to an aromatic ring is 1. The van der Waals surface area contributed by atoms with E-state index in [4.69, 9.17) is 5.73 Å². The van der Waals surface area contributed by atoms with Crippen molar-refractivity contribution in [1.82, 2.24) is 15.2 Å². The third-order valence-corrected chi connectivity index (χ3v) is 4.97. The van der Waals surface area contributed by atoms with E-state index in [0.717, 1.165) is 31.5 Å². The number of hydrogen-bond donors (Lipinski definition) is 2. The standard InChI is InChI=1S/C17H32N4/c1-7-17(8-2,21(9-3)10-4)15(19-6)14-13(5)11-12-20-16(14)18/h11-12,15,19H,7-10H2,1-6H3,(H2,18,20). The fraction of sp³-hybridized carbons (Fsp3) is 0.706. The Labute approximate surface area is 130 Å². The van der Waals surface area contributed by atoms with E-state index in [1.165, 1.54) is 5.56 Å². The van der Waals surface area contributed by atoms with Crippen molar-refractivity contribution in [2.45, 2.75) is 59.0 Å². The molecule has 1 aromatic heterocycles. The summed E-state index contributed by atoms with van der Waals surface area (Å²) in [7, 11) is 2.03. The van der Waals surface area contributed by atoms with Crippen LogP contribution in [0.25, 0.3) is 0 Å². The minimum Gasteiger partial charge on any atom is -0.383 e. The maximum atomic E-state index is 6.22. The zero-order chi connectivity index (χ0) is 16.0. The summed E-state index contributed by atoms with van der Waals surface area (Å²) in [6, 6.07) is 2.23. The molecule has 120 valence electrons. The molecule has 0 fully saturated rings. The lowest BCUT2D eigenvalue weighted by atomic mass is 9.78.